The van der Waals surface area contributed by atoms with Gasteiger partial charge in [0.15, 0.2) is 0 Å². The molecule has 0 bridgehead atoms. The van der Waals surface area contributed by atoms with E-state index in [1.807, 2.05) is 30.3 Å². The molecule has 0 spiro atoms. The van der Waals surface area contributed by atoms with Gasteiger partial charge in [-0.3, -0.25) is 0 Å². The second kappa shape index (κ2) is 13.2. The number of rotatable bonds is 10. The first-order valence-corrected chi connectivity index (χ1v) is 15.6. The molecular formula is C34H38F2N2O2S. The van der Waals surface area contributed by atoms with E-state index in [1.165, 1.54) is 23.4 Å². The smallest absolute Gasteiger partial charge is 0.338 e. The second-order valence-corrected chi connectivity index (χ2v) is 12.2. The summed E-state index contributed by atoms with van der Waals surface area (Å²) in [5.41, 5.74) is 4.83. The summed E-state index contributed by atoms with van der Waals surface area (Å²) in [6.45, 7) is 9.64. The monoisotopic (exact) mass is 576 g/mol. The average Bonchev–Trinajstić information content (AvgIpc) is 3.31. The Balaban J connectivity index is 1.34. The normalized spacial score (nSPS) is 14.7. The number of esters is 1. The van der Waals surface area contributed by atoms with E-state index in [0.29, 0.717) is 18.1 Å². The van der Waals surface area contributed by atoms with Crippen LogP contribution >= 0.6 is 11.8 Å². The minimum Gasteiger partial charge on any atom is -0.462 e. The molecule has 1 aliphatic heterocycles. The summed E-state index contributed by atoms with van der Waals surface area (Å²) in [6, 6.07) is 19.3. The third kappa shape index (κ3) is 6.68. The lowest BCUT2D eigenvalue weighted by molar-refractivity contribution is 0.0526. The van der Waals surface area contributed by atoms with Gasteiger partial charge in [0.2, 0.25) is 0 Å². The lowest BCUT2D eigenvalue weighted by Crippen LogP contribution is -2.34. The van der Waals surface area contributed by atoms with Crippen molar-refractivity contribution in [2.24, 2.45) is 0 Å². The highest BCUT2D eigenvalue weighted by atomic mass is 32.2. The van der Waals surface area contributed by atoms with Crippen LogP contribution in [-0.4, -0.2) is 47.4 Å². The molecule has 2 heterocycles. The number of hydrogen-bond donors (Lipinski definition) is 0. The van der Waals surface area contributed by atoms with Gasteiger partial charge in [-0.05, 0) is 136 Å². The molecule has 7 heteroatoms. The second-order valence-electron chi connectivity index (χ2n) is 11.0. The van der Waals surface area contributed by atoms with E-state index in [-0.39, 0.29) is 23.5 Å². The molecule has 4 nitrogen and oxygen atoms in total. The van der Waals surface area contributed by atoms with Gasteiger partial charge in [0.25, 0.3) is 0 Å². The number of fused-ring (bicyclic) bond motifs is 1. The SMILES string of the molecule is CCOC(=O)c1ccc(-n2c(C(C)C)c(C3CCN(CCCSc4ccc(F)cc4)CC3)c3ccc(F)cc32)cc1. The van der Waals surface area contributed by atoms with E-state index in [1.54, 1.807) is 43.0 Å². The summed E-state index contributed by atoms with van der Waals surface area (Å²) in [5, 5.41) is 1.11. The molecule has 216 valence electrons. The van der Waals surface area contributed by atoms with E-state index in [0.717, 1.165) is 66.1 Å². The molecule has 4 aromatic rings. The molecule has 0 aliphatic carbocycles. The molecular weight excluding hydrogens is 538 g/mol. The molecule has 1 saturated heterocycles. The Kier molecular flexibility index (Phi) is 9.46. The van der Waals surface area contributed by atoms with Crippen molar-refractivity contribution in [1.29, 1.82) is 0 Å². The predicted molar refractivity (Wildman–Crippen MR) is 163 cm³/mol. The van der Waals surface area contributed by atoms with Gasteiger partial charge < -0.3 is 14.2 Å². The van der Waals surface area contributed by atoms with Crippen LogP contribution in [0.15, 0.2) is 71.6 Å². The highest BCUT2D eigenvalue weighted by molar-refractivity contribution is 7.99. The van der Waals surface area contributed by atoms with E-state index in [4.69, 9.17) is 4.74 Å². The summed E-state index contributed by atoms with van der Waals surface area (Å²) < 4.78 is 35.1. The van der Waals surface area contributed by atoms with Gasteiger partial charge in [-0.1, -0.05) is 13.8 Å². The summed E-state index contributed by atoms with van der Waals surface area (Å²) in [6.07, 6.45) is 3.20. The Bertz CT molecular complexity index is 1470. The van der Waals surface area contributed by atoms with Gasteiger partial charge in [-0.15, -0.1) is 11.8 Å². The van der Waals surface area contributed by atoms with Crippen LogP contribution in [0.4, 0.5) is 8.78 Å². The summed E-state index contributed by atoms with van der Waals surface area (Å²) in [5.74, 6) is 0.842. The van der Waals surface area contributed by atoms with Crippen molar-refractivity contribution in [3.05, 3.63) is 95.2 Å². The van der Waals surface area contributed by atoms with E-state index in [9.17, 15) is 13.6 Å². The zero-order valence-electron chi connectivity index (χ0n) is 24.0. The first-order valence-electron chi connectivity index (χ1n) is 14.6. The fraction of sp³-hybridized carbons (Fsp3) is 0.382. The van der Waals surface area contributed by atoms with E-state index < -0.39 is 0 Å². The average molecular weight is 577 g/mol. The Morgan fingerprint density at radius 1 is 0.976 bits per heavy atom. The predicted octanol–water partition coefficient (Wildman–Crippen LogP) is 8.57. The van der Waals surface area contributed by atoms with Gasteiger partial charge in [0, 0.05) is 21.7 Å². The first kappa shape index (κ1) is 29.3. The van der Waals surface area contributed by atoms with Gasteiger partial charge >= 0.3 is 5.97 Å². The molecule has 1 aromatic heterocycles. The molecule has 0 atom stereocenters. The topological polar surface area (TPSA) is 34.5 Å². The van der Waals surface area contributed by atoms with Crippen molar-refractivity contribution in [2.45, 2.75) is 56.8 Å². The van der Waals surface area contributed by atoms with Crippen molar-refractivity contribution in [3.8, 4) is 5.69 Å². The minimum absolute atomic E-state index is 0.196. The zero-order chi connectivity index (χ0) is 28.9. The molecule has 0 saturated carbocycles. The molecule has 0 N–H and O–H groups in total. The van der Waals surface area contributed by atoms with Crippen molar-refractivity contribution < 1.29 is 18.3 Å². The van der Waals surface area contributed by atoms with Crippen LogP contribution < -0.4 is 0 Å². The van der Waals surface area contributed by atoms with Gasteiger partial charge in [0.1, 0.15) is 11.6 Å². The van der Waals surface area contributed by atoms with Gasteiger partial charge in [-0.2, -0.15) is 0 Å². The third-order valence-corrected chi connectivity index (χ3v) is 8.99. The number of carbonyl (C=O) groups is 1. The molecule has 0 amide bonds. The molecule has 3 aromatic carbocycles. The first-order chi connectivity index (χ1) is 19.9. The fourth-order valence-corrected chi connectivity index (χ4v) is 6.84. The summed E-state index contributed by atoms with van der Waals surface area (Å²) >= 11 is 1.78. The number of likely N-dealkylation sites (tertiary alicyclic amines) is 1. The largest absolute Gasteiger partial charge is 0.462 e. The Labute approximate surface area is 245 Å². The number of benzene rings is 3. The van der Waals surface area contributed by atoms with Gasteiger partial charge in [-0.25, -0.2) is 13.6 Å². The molecule has 1 aliphatic rings. The molecule has 1 fully saturated rings. The number of aromatic nitrogens is 1. The minimum atomic E-state index is -0.340. The number of carbonyl (C=O) groups excluding carboxylic acids is 1. The van der Waals surface area contributed by atoms with Crippen LogP contribution in [0.25, 0.3) is 16.6 Å². The number of thioether (sulfide) groups is 1. The lowest BCUT2D eigenvalue weighted by Gasteiger charge is -2.33. The van der Waals surface area contributed by atoms with Crippen LogP contribution in [0, 0.1) is 11.6 Å². The van der Waals surface area contributed by atoms with Crippen molar-refractivity contribution >= 4 is 28.6 Å². The Hall–Kier alpha value is -3.16. The Morgan fingerprint density at radius 2 is 1.66 bits per heavy atom. The number of ether oxygens (including phenoxy) is 1. The standard InChI is InChI=1S/C34H38F2N2O2S/c1-4-40-34(39)25-6-11-28(12-7-25)38-31-22-27(36)10-15-30(31)32(33(38)23(2)3)24-16-19-37(20-17-24)18-5-21-41-29-13-8-26(35)9-14-29/h6-15,22-24H,4-5,16-21H2,1-3H3. The third-order valence-electron chi connectivity index (χ3n) is 7.89. The number of hydrogen-bond acceptors (Lipinski definition) is 4. The van der Waals surface area contributed by atoms with E-state index >= 15 is 0 Å². The number of nitrogens with zero attached hydrogens (tertiary/aromatic N) is 2. The van der Waals surface area contributed by atoms with Crippen molar-refractivity contribution in [1.82, 2.24) is 9.47 Å². The fourth-order valence-electron chi connectivity index (χ4n) is 6.00. The maximum absolute atomic E-state index is 14.6. The summed E-state index contributed by atoms with van der Waals surface area (Å²) in [7, 11) is 0. The van der Waals surface area contributed by atoms with Crippen LogP contribution in [0.2, 0.25) is 0 Å². The van der Waals surface area contributed by atoms with Gasteiger partial charge in [0.05, 0.1) is 17.7 Å². The van der Waals surface area contributed by atoms with Crippen LogP contribution in [0.5, 0.6) is 0 Å². The maximum Gasteiger partial charge on any atom is 0.338 e. The van der Waals surface area contributed by atoms with Crippen LogP contribution in [0.3, 0.4) is 0 Å². The highest BCUT2D eigenvalue weighted by Gasteiger charge is 2.29. The Morgan fingerprint density at radius 3 is 2.32 bits per heavy atom. The molecule has 5 rings (SSSR count). The molecule has 0 unspecified atom stereocenters. The number of halogens is 2. The lowest BCUT2D eigenvalue weighted by atomic mass is 9.85. The zero-order valence-corrected chi connectivity index (χ0v) is 24.9. The quantitative estimate of drug-likeness (QED) is 0.108. The summed E-state index contributed by atoms with van der Waals surface area (Å²) in [4.78, 5) is 15.9. The van der Waals surface area contributed by atoms with Crippen LogP contribution in [0.1, 0.15) is 73.5 Å². The maximum atomic E-state index is 14.6. The molecule has 41 heavy (non-hydrogen) atoms. The molecule has 0 radical (unpaired) electrons. The van der Waals surface area contributed by atoms with Crippen molar-refractivity contribution in [2.75, 3.05) is 32.0 Å². The highest BCUT2D eigenvalue weighted by Crippen LogP contribution is 2.42. The number of piperidine rings is 1. The van der Waals surface area contributed by atoms with E-state index in [2.05, 4.69) is 23.3 Å². The van der Waals surface area contributed by atoms with Crippen molar-refractivity contribution in [3.63, 3.8) is 0 Å². The van der Waals surface area contributed by atoms with Crippen LogP contribution in [-0.2, 0) is 4.74 Å².